The standard InChI is InChI=1S/C12H14F4N2O2S.ClH/c13-10-2-1-8(12(14,15)16)7-11(10)21(19,20)18-9-3-5-17-6-4-9;/h1-2,7,9,17-18H,3-6H2;1H. The zero-order chi connectivity index (χ0) is 15.7. The van der Waals surface area contributed by atoms with Crippen LogP contribution in [0, 0.1) is 5.82 Å². The number of rotatable bonds is 3. The topological polar surface area (TPSA) is 58.2 Å². The Labute approximate surface area is 131 Å². The van der Waals surface area contributed by atoms with E-state index < -0.39 is 38.5 Å². The summed E-state index contributed by atoms with van der Waals surface area (Å²) in [5.41, 5.74) is -1.20. The van der Waals surface area contributed by atoms with Gasteiger partial charge < -0.3 is 5.32 Å². The molecule has 0 unspecified atom stereocenters. The maximum Gasteiger partial charge on any atom is 0.416 e. The lowest BCUT2D eigenvalue weighted by Crippen LogP contribution is -2.42. The molecule has 1 aromatic rings. The molecule has 126 valence electrons. The lowest BCUT2D eigenvalue weighted by Gasteiger charge is -2.23. The zero-order valence-electron chi connectivity index (χ0n) is 11.3. The van der Waals surface area contributed by atoms with Crippen molar-refractivity contribution in [2.75, 3.05) is 13.1 Å². The Morgan fingerprint density at radius 3 is 2.32 bits per heavy atom. The first-order chi connectivity index (χ1) is 9.70. The average molecular weight is 363 g/mol. The summed E-state index contributed by atoms with van der Waals surface area (Å²) in [5, 5.41) is 3.02. The maximum atomic E-state index is 13.6. The molecule has 10 heteroatoms. The van der Waals surface area contributed by atoms with Gasteiger partial charge in [-0.2, -0.15) is 13.2 Å². The smallest absolute Gasteiger partial charge is 0.317 e. The minimum Gasteiger partial charge on any atom is -0.317 e. The maximum absolute atomic E-state index is 13.6. The highest BCUT2D eigenvalue weighted by molar-refractivity contribution is 7.89. The van der Waals surface area contributed by atoms with Crippen molar-refractivity contribution in [1.82, 2.24) is 10.0 Å². The van der Waals surface area contributed by atoms with Crippen LogP contribution in [0.4, 0.5) is 17.6 Å². The molecule has 1 aromatic carbocycles. The largest absolute Gasteiger partial charge is 0.416 e. The molecule has 22 heavy (non-hydrogen) atoms. The molecule has 2 rings (SSSR count). The molecule has 0 aromatic heterocycles. The first-order valence-electron chi connectivity index (χ1n) is 6.30. The number of halogens is 5. The number of alkyl halides is 3. The SMILES string of the molecule is Cl.O=S(=O)(NC1CCNCC1)c1cc(C(F)(F)F)ccc1F. The van der Waals surface area contributed by atoms with Crippen LogP contribution >= 0.6 is 12.4 Å². The number of piperidine rings is 1. The molecular formula is C12H15ClF4N2O2S. The van der Waals surface area contributed by atoms with Crippen molar-refractivity contribution in [1.29, 1.82) is 0 Å². The van der Waals surface area contributed by atoms with E-state index in [2.05, 4.69) is 10.0 Å². The quantitative estimate of drug-likeness (QED) is 0.811. The van der Waals surface area contributed by atoms with Crippen LogP contribution < -0.4 is 10.0 Å². The Bertz CT molecular complexity index is 616. The van der Waals surface area contributed by atoms with Crippen LogP contribution in [0.15, 0.2) is 23.1 Å². The van der Waals surface area contributed by atoms with Gasteiger partial charge in [-0.3, -0.25) is 0 Å². The lowest BCUT2D eigenvalue weighted by atomic mass is 10.1. The number of benzene rings is 1. The summed E-state index contributed by atoms with van der Waals surface area (Å²) in [6.07, 6.45) is -3.73. The number of hydrogen-bond donors (Lipinski definition) is 2. The van der Waals surface area contributed by atoms with E-state index in [9.17, 15) is 26.0 Å². The van der Waals surface area contributed by atoms with Crippen molar-refractivity contribution in [3.63, 3.8) is 0 Å². The van der Waals surface area contributed by atoms with Gasteiger partial charge in [0.25, 0.3) is 0 Å². The second-order valence-electron chi connectivity index (χ2n) is 4.79. The predicted octanol–water partition coefficient (Wildman–Crippen LogP) is 2.30. The van der Waals surface area contributed by atoms with Gasteiger partial charge >= 0.3 is 6.18 Å². The Morgan fingerprint density at radius 2 is 1.77 bits per heavy atom. The van der Waals surface area contributed by atoms with Gasteiger partial charge in [-0.1, -0.05) is 0 Å². The van der Waals surface area contributed by atoms with Gasteiger partial charge in [0.15, 0.2) is 0 Å². The van der Waals surface area contributed by atoms with Crippen LogP contribution in [0.5, 0.6) is 0 Å². The fraction of sp³-hybridized carbons (Fsp3) is 0.500. The average Bonchev–Trinajstić information content (AvgIpc) is 2.38. The summed E-state index contributed by atoms with van der Waals surface area (Å²) in [5.74, 6) is -1.20. The van der Waals surface area contributed by atoms with E-state index in [0.29, 0.717) is 44.1 Å². The summed E-state index contributed by atoms with van der Waals surface area (Å²) < 4.78 is 77.8. The highest BCUT2D eigenvalue weighted by atomic mass is 35.5. The zero-order valence-corrected chi connectivity index (χ0v) is 12.9. The summed E-state index contributed by atoms with van der Waals surface area (Å²) in [7, 11) is -4.33. The first-order valence-corrected chi connectivity index (χ1v) is 7.78. The van der Waals surface area contributed by atoms with E-state index in [4.69, 9.17) is 0 Å². The van der Waals surface area contributed by atoms with Crippen LogP contribution in [0.3, 0.4) is 0 Å². The monoisotopic (exact) mass is 362 g/mol. The third kappa shape index (κ3) is 4.55. The van der Waals surface area contributed by atoms with Crippen molar-refractivity contribution in [2.45, 2.75) is 30.0 Å². The van der Waals surface area contributed by atoms with Gasteiger partial charge in [0.2, 0.25) is 10.0 Å². The predicted molar refractivity (Wildman–Crippen MR) is 74.9 cm³/mol. The molecule has 4 nitrogen and oxygen atoms in total. The van der Waals surface area contributed by atoms with E-state index in [1.807, 2.05) is 0 Å². The van der Waals surface area contributed by atoms with Gasteiger partial charge in [-0.05, 0) is 44.1 Å². The number of nitrogens with one attached hydrogen (secondary N) is 2. The molecule has 1 saturated heterocycles. The van der Waals surface area contributed by atoms with Crippen molar-refractivity contribution in [2.24, 2.45) is 0 Å². The van der Waals surface area contributed by atoms with Crippen LogP contribution in [-0.4, -0.2) is 27.5 Å². The van der Waals surface area contributed by atoms with Crippen molar-refractivity contribution < 1.29 is 26.0 Å². The van der Waals surface area contributed by atoms with Crippen LogP contribution in [0.25, 0.3) is 0 Å². The van der Waals surface area contributed by atoms with Crippen molar-refractivity contribution >= 4 is 22.4 Å². The summed E-state index contributed by atoms with van der Waals surface area (Å²) in [6, 6.07) is 0.933. The fourth-order valence-corrected chi connectivity index (χ4v) is 3.52. The van der Waals surface area contributed by atoms with Gasteiger partial charge in [0.05, 0.1) is 5.56 Å². The highest BCUT2D eigenvalue weighted by Gasteiger charge is 2.33. The van der Waals surface area contributed by atoms with E-state index in [0.717, 1.165) is 0 Å². The Balaban J connectivity index is 0.00000242. The fourth-order valence-electron chi connectivity index (χ4n) is 2.11. The molecule has 0 radical (unpaired) electrons. The first kappa shape index (κ1) is 19.1. The van der Waals surface area contributed by atoms with Gasteiger partial charge in [0.1, 0.15) is 10.7 Å². The van der Waals surface area contributed by atoms with E-state index in [1.165, 1.54) is 0 Å². The van der Waals surface area contributed by atoms with E-state index in [1.54, 1.807) is 0 Å². The molecule has 0 saturated carbocycles. The third-order valence-electron chi connectivity index (χ3n) is 3.21. The van der Waals surface area contributed by atoms with Crippen molar-refractivity contribution in [3.8, 4) is 0 Å². The molecular weight excluding hydrogens is 348 g/mol. The molecule has 1 fully saturated rings. The van der Waals surface area contributed by atoms with E-state index in [-0.39, 0.29) is 12.4 Å². The van der Waals surface area contributed by atoms with Crippen molar-refractivity contribution in [3.05, 3.63) is 29.6 Å². The minimum atomic E-state index is -4.73. The Kier molecular flexibility index (Phi) is 6.19. The minimum absolute atomic E-state index is 0. The number of sulfonamides is 1. The second-order valence-corrected chi connectivity index (χ2v) is 6.47. The molecule has 1 heterocycles. The molecule has 0 atom stereocenters. The Hall–Kier alpha value is -0.900. The van der Waals surface area contributed by atoms with E-state index >= 15 is 0 Å². The van der Waals surface area contributed by atoms with Gasteiger partial charge in [-0.15, -0.1) is 12.4 Å². The highest BCUT2D eigenvalue weighted by Crippen LogP contribution is 2.31. The molecule has 1 aliphatic rings. The molecule has 2 N–H and O–H groups in total. The normalized spacial score (nSPS) is 17.1. The van der Waals surface area contributed by atoms with Crippen LogP contribution in [0.1, 0.15) is 18.4 Å². The van der Waals surface area contributed by atoms with Crippen LogP contribution in [-0.2, 0) is 16.2 Å². The molecule has 0 amide bonds. The summed E-state index contributed by atoms with van der Waals surface area (Å²) in [6.45, 7) is 1.19. The molecule has 1 aliphatic heterocycles. The molecule has 0 bridgehead atoms. The molecule has 0 aliphatic carbocycles. The molecule has 0 spiro atoms. The Morgan fingerprint density at radius 1 is 1.18 bits per heavy atom. The lowest BCUT2D eigenvalue weighted by molar-refractivity contribution is -0.137. The summed E-state index contributed by atoms with van der Waals surface area (Å²) in [4.78, 5) is -0.976. The van der Waals surface area contributed by atoms with Crippen LogP contribution in [0.2, 0.25) is 0 Å². The van der Waals surface area contributed by atoms with Gasteiger partial charge in [-0.25, -0.2) is 17.5 Å². The third-order valence-corrected chi connectivity index (χ3v) is 4.74. The number of hydrogen-bond acceptors (Lipinski definition) is 3. The second kappa shape index (κ2) is 7.12. The summed E-state index contributed by atoms with van der Waals surface area (Å²) >= 11 is 0. The van der Waals surface area contributed by atoms with Gasteiger partial charge in [0, 0.05) is 6.04 Å².